The van der Waals surface area contributed by atoms with E-state index in [1.807, 2.05) is 0 Å². The standard InChI is InChI=1S/C15H31NS/c1-13(2)6-5-9-16-10-11-17-15-8-4-7-14(3)12-15/h13-16H,4-12H2,1-3H3. The number of hydrogen-bond donors (Lipinski definition) is 1. The molecule has 1 aliphatic carbocycles. The molecular formula is C15H31NS. The molecule has 0 heterocycles. The van der Waals surface area contributed by atoms with E-state index in [2.05, 4.69) is 37.8 Å². The summed E-state index contributed by atoms with van der Waals surface area (Å²) >= 11 is 2.20. The van der Waals surface area contributed by atoms with Crippen LogP contribution in [0, 0.1) is 11.8 Å². The van der Waals surface area contributed by atoms with E-state index in [1.54, 1.807) is 0 Å². The van der Waals surface area contributed by atoms with E-state index in [1.165, 1.54) is 57.4 Å². The maximum Gasteiger partial charge on any atom is 0.00608 e. The van der Waals surface area contributed by atoms with Crippen molar-refractivity contribution >= 4 is 11.8 Å². The molecule has 1 aliphatic rings. The molecule has 2 heteroatoms. The molecule has 17 heavy (non-hydrogen) atoms. The number of thioether (sulfide) groups is 1. The van der Waals surface area contributed by atoms with Crippen molar-refractivity contribution in [2.45, 2.75) is 64.5 Å². The van der Waals surface area contributed by atoms with Crippen molar-refractivity contribution in [3.05, 3.63) is 0 Å². The highest BCUT2D eigenvalue weighted by atomic mass is 32.2. The van der Waals surface area contributed by atoms with Gasteiger partial charge < -0.3 is 5.32 Å². The second-order valence-corrected chi connectivity index (χ2v) is 7.46. The number of rotatable bonds is 8. The zero-order chi connectivity index (χ0) is 12.5. The molecule has 0 amide bonds. The third-order valence-corrected chi connectivity index (χ3v) is 5.00. The van der Waals surface area contributed by atoms with Crippen LogP contribution < -0.4 is 5.32 Å². The van der Waals surface area contributed by atoms with Gasteiger partial charge in [-0.2, -0.15) is 11.8 Å². The Kier molecular flexibility index (Phi) is 8.38. The topological polar surface area (TPSA) is 12.0 Å². The van der Waals surface area contributed by atoms with Crippen LogP contribution in [0.5, 0.6) is 0 Å². The monoisotopic (exact) mass is 257 g/mol. The van der Waals surface area contributed by atoms with Crippen LogP contribution >= 0.6 is 11.8 Å². The summed E-state index contributed by atoms with van der Waals surface area (Å²) in [6, 6.07) is 0. The Morgan fingerprint density at radius 3 is 2.76 bits per heavy atom. The Labute approximate surface area is 113 Å². The van der Waals surface area contributed by atoms with Gasteiger partial charge in [-0.15, -0.1) is 0 Å². The van der Waals surface area contributed by atoms with Gasteiger partial charge in [0, 0.05) is 17.5 Å². The SMILES string of the molecule is CC(C)CCCNCCSC1CCCC(C)C1. The minimum atomic E-state index is 0.856. The fourth-order valence-electron chi connectivity index (χ4n) is 2.59. The lowest BCUT2D eigenvalue weighted by Gasteiger charge is -2.26. The van der Waals surface area contributed by atoms with Crippen LogP contribution in [0.4, 0.5) is 0 Å². The van der Waals surface area contributed by atoms with Crippen LogP contribution in [-0.4, -0.2) is 24.1 Å². The van der Waals surface area contributed by atoms with Crippen LogP contribution in [0.3, 0.4) is 0 Å². The van der Waals surface area contributed by atoms with Crippen molar-refractivity contribution in [1.29, 1.82) is 0 Å². The Bertz CT molecular complexity index is 182. The van der Waals surface area contributed by atoms with Gasteiger partial charge >= 0.3 is 0 Å². The number of hydrogen-bond acceptors (Lipinski definition) is 2. The average molecular weight is 257 g/mol. The second-order valence-electron chi connectivity index (χ2n) is 6.05. The molecule has 0 bridgehead atoms. The van der Waals surface area contributed by atoms with Crippen molar-refractivity contribution < 1.29 is 0 Å². The molecule has 102 valence electrons. The maximum absolute atomic E-state index is 3.57. The van der Waals surface area contributed by atoms with Gasteiger partial charge in [-0.3, -0.25) is 0 Å². The van der Waals surface area contributed by atoms with E-state index in [4.69, 9.17) is 0 Å². The van der Waals surface area contributed by atoms with Crippen molar-refractivity contribution in [3.63, 3.8) is 0 Å². The molecule has 0 aromatic heterocycles. The van der Waals surface area contributed by atoms with E-state index in [0.717, 1.165) is 17.1 Å². The highest BCUT2D eigenvalue weighted by molar-refractivity contribution is 7.99. The van der Waals surface area contributed by atoms with Crippen molar-refractivity contribution in [3.8, 4) is 0 Å². The summed E-state index contributed by atoms with van der Waals surface area (Å²) in [6.07, 6.45) is 8.54. The molecule has 0 aromatic carbocycles. The van der Waals surface area contributed by atoms with Gasteiger partial charge in [0.1, 0.15) is 0 Å². The normalized spacial score (nSPS) is 25.4. The molecular weight excluding hydrogens is 226 g/mol. The summed E-state index contributed by atoms with van der Waals surface area (Å²) in [5, 5.41) is 4.53. The molecule has 0 aromatic rings. The van der Waals surface area contributed by atoms with E-state index in [9.17, 15) is 0 Å². The Hall–Kier alpha value is 0.310. The lowest BCUT2D eigenvalue weighted by Crippen LogP contribution is -2.21. The first kappa shape index (κ1) is 15.4. The van der Waals surface area contributed by atoms with Gasteiger partial charge in [0.15, 0.2) is 0 Å². The minimum Gasteiger partial charge on any atom is -0.316 e. The molecule has 0 radical (unpaired) electrons. The van der Waals surface area contributed by atoms with Crippen LogP contribution in [0.25, 0.3) is 0 Å². The minimum absolute atomic E-state index is 0.856. The quantitative estimate of drug-likeness (QED) is 0.650. The van der Waals surface area contributed by atoms with Gasteiger partial charge in [0.2, 0.25) is 0 Å². The average Bonchev–Trinajstić information content (AvgIpc) is 2.27. The van der Waals surface area contributed by atoms with E-state index >= 15 is 0 Å². The zero-order valence-corrected chi connectivity index (χ0v) is 12.8. The summed E-state index contributed by atoms with van der Waals surface area (Å²) in [5.41, 5.74) is 0. The fraction of sp³-hybridized carbons (Fsp3) is 1.00. The van der Waals surface area contributed by atoms with Crippen molar-refractivity contribution in [1.82, 2.24) is 5.32 Å². The molecule has 0 aliphatic heterocycles. The predicted octanol–water partition coefficient (Wildman–Crippen LogP) is 4.32. The number of nitrogens with one attached hydrogen (secondary N) is 1. The summed E-state index contributed by atoms with van der Waals surface area (Å²) in [6.45, 7) is 9.44. The molecule has 1 N–H and O–H groups in total. The summed E-state index contributed by atoms with van der Waals surface area (Å²) in [4.78, 5) is 0. The predicted molar refractivity (Wildman–Crippen MR) is 80.8 cm³/mol. The first-order valence-electron chi connectivity index (χ1n) is 7.50. The lowest BCUT2D eigenvalue weighted by molar-refractivity contribution is 0.394. The first-order valence-corrected chi connectivity index (χ1v) is 8.55. The van der Waals surface area contributed by atoms with Crippen LogP contribution in [0.2, 0.25) is 0 Å². The van der Waals surface area contributed by atoms with Gasteiger partial charge in [0.05, 0.1) is 0 Å². The molecule has 1 rings (SSSR count). The van der Waals surface area contributed by atoms with Crippen LogP contribution in [-0.2, 0) is 0 Å². The molecule has 0 spiro atoms. The third-order valence-electron chi connectivity index (χ3n) is 3.66. The highest BCUT2D eigenvalue weighted by Crippen LogP contribution is 2.31. The largest absolute Gasteiger partial charge is 0.316 e. The van der Waals surface area contributed by atoms with Gasteiger partial charge in [0.25, 0.3) is 0 Å². The van der Waals surface area contributed by atoms with E-state index in [-0.39, 0.29) is 0 Å². The van der Waals surface area contributed by atoms with Crippen molar-refractivity contribution in [2.24, 2.45) is 11.8 Å². The van der Waals surface area contributed by atoms with Gasteiger partial charge in [-0.25, -0.2) is 0 Å². The zero-order valence-electron chi connectivity index (χ0n) is 12.0. The van der Waals surface area contributed by atoms with Crippen LogP contribution in [0.1, 0.15) is 59.3 Å². The Morgan fingerprint density at radius 2 is 2.06 bits per heavy atom. The van der Waals surface area contributed by atoms with Crippen molar-refractivity contribution in [2.75, 3.05) is 18.8 Å². The molecule has 2 unspecified atom stereocenters. The third kappa shape index (κ3) is 8.10. The summed E-state index contributed by atoms with van der Waals surface area (Å²) in [5.74, 6) is 3.13. The Morgan fingerprint density at radius 1 is 1.24 bits per heavy atom. The van der Waals surface area contributed by atoms with Gasteiger partial charge in [-0.1, -0.05) is 33.6 Å². The maximum atomic E-state index is 3.57. The fourth-order valence-corrected chi connectivity index (χ4v) is 3.98. The highest BCUT2D eigenvalue weighted by Gasteiger charge is 2.18. The lowest BCUT2D eigenvalue weighted by atomic mass is 9.91. The van der Waals surface area contributed by atoms with E-state index in [0.29, 0.717) is 0 Å². The molecule has 2 atom stereocenters. The summed E-state index contributed by atoms with van der Waals surface area (Å²) in [7, 11) is 0. The molecule has 1 fully saturated rings. The first-order chi connectivity index (χ1) is 8.18. The van der Waals surface area contributed by atoms with Crippen LogP contribution in [0.15, 0.2) is 0 Å². The smallest absolute Gasteiger partial charge is 0.00608 e. The Balaban J connectivity index is 1.86. The molecule has 0 saturated heterocycles. The second kappa shape index (κ2) is 9.27. The van der Waals surface area contributed by atoms with E-state index < -0.39 is 0 Å². The molecule has 1 saturated carbocycles. The summed E-state index contributed by atoms with van der Waals surface area (Å²) < 4.78 is 0. The van der Waals surface area contributed by atoms with Gasteiger partial charge in [-0.05, 0) is 44.1 Å². The molecule has 1 nitrogen and oxygen atoms in total.